The minimum absolute atomic E-state index is 0.0798. The number of ether oxygens (including phenoxy) is 1. The number of benzene rings is 2. The van der Waals surface area contributed by atoms with Gasteiger partial charge < -0.3 is 10.1 Å². The molecule has 158 valence electrons. The summed E-state index contributed by atoms with van der Waals surface area (Å²) in [5.41, 5.74) is 1.06. The molecule has 0 aliphatic carbocycles. The van der Waals surface area contributed by atoms with E-state index in [0.29, 0.717) is 5.75 Å². The Hall–Kier alpha value is -2.38. The molecule has 1 amide bonds. The lowest BCUT2D eigenvalue weighted by atomic mass is 9.79. The van der Waals surface area contributed by atoms with Gasteiger partial charge in [-0.1, -0.05) is 44.2 Å². The van der Waals surface area contributed by atoms with Crippen molar-refractivity contribution < 1.29 is 17.9 Å². The summed E-state index contributed by atoms with van der Waals surface area (Å²) < 4.78 is 32.5. The number of nitrogens with one attached hydrogen (secondary N) is 2. The van der Waals surface area contributed by atoms with Gasteiger partial charge in [0, 0.05) is 6.04 Å². The van der Waals surface area contributed by atoms with Crippen LogP contribution in [0, 0.1) is 0 Å². The highest BCUT2D eigenvalue weighted by Crippen LogP contribution is 2.28. The molecule has 2 atom stereocenters. The van der Waals surface area contributed by atoms with Crippen LogP contribution in [0.15, 0.2) is 59.5 Å². The SMILES string of the molecule is COc1ccc(S(=O)(=O)N[C@@H](C)C(=O)NC(C)CC(C)(C)c2ccccc2)cc1. The van der Waals surface area contributed by atoms with Gasteiger partial charge in [-0.05, 0) is 55.5 Å². The molecule has 2 aromatic carbocycles. The third-order valence-corrected chi connectivity index (χ3v) is 6.41. The summed E-state index contributed by atoms with van der Waals surface area (Å²) in [6.07, 6.45) is 0.723. The first-order valence-corrected chi connectivity index (χ1v) is 11.1. The van der Waals surface area contributed by atoms with E-state index >= 15 is 0 Å². The number of sulfonamides is 1. The maximum Gasteiger partial charge on any atom is 0.241 e. The van der Waals surface area contributed by atoms with Crippen LogP contribution in [0.25, 0.3) is 0 Å². The Morgan fingerprint density at radius 3 is 2.17 bits per heavy atom. The Kier molecular flexibility index (Phi) is 7.43. The van der Waals surface area contributed by atoms with E-state index in [-0.39, 0.29) is 22.3 Å². The van der Waals surface area contributed by atoms with E-state index in [4.69, 9.17) is 4.74 Å². The van der Waals surface area contributed by atoms with Crippen LogP contribution >= 0.6 is 0 Å². The van der Waals surface area contributed by atoms with Crippen LogP contribution in [-0.4, -0.2) is 33.5 Å². The van der Waals surface area contributed by atoms with Crippen LogP contribution in [0.3, 0.4) is 0 Å². The lowest BCUT2D eigenvalue weighted by Crippen LogP contribution is -2.48. The molecule has 0 aliphatic heterocycles. The molecule has 0 saturated heterocycles. The molecule has 7 heteroatoms. The van der Waals surface area contributed by atoms with E-state index in [1.807, 2.05) is 25.1 Å². The van der Waals surface area contributed by atoms with Crippen LogP contribution in [-0.2, 0) is 20.2 Å². The van der Waals surface area contributed by atoms with Crippen LogP contribution in [0.5, 0.6) is 5.75 Å². The average Bonchev–Trinajstić information content (AvgIpc) is 2.67. The fourth-order valence-corrected chi connectivity index (χ4v) is 4.50. The van der Waals surface area contributed by atoms with Gasteiger partial charge in [0.1, 0.15) is 5.75 Å². The number of carbonyl (C=O) groups is 1. The van der Waals surface area contributed by atoms with Crippen molar-refractivity contribution in [3.8, 4) is 5.75 Å². The Labute approximate surface area is 173 Å². The van der Waals surface area contributed by atoms with Gasteiger partial charge >= 0.3 is 0 Å². The first kappa shape index (κ1) is 22.9. The minimum atomic E-state index is -3.81. The van der Waals surface area contributed by atoms with Crippen LogP contribution in [0.1, 0.15) is 39.7 Å². The van der Waals surface area contributed by atoms with Crippen LogP contribution < -0.4 is 14.8 Å². The number of hydrogen-bond donors (Lipinski definition) is 2. The molecule has 0 aromatic heterocycles. The molecule has 0 radical (unpaired) electrons. The van der Waals surface area contributed by atoms with Crippen molar-refractivity contribution in [2.24, 2.45) is 0 Å². The zero-order chi connectivity index (χ0) is 21.7. The Morgan fingerprint density at radius 2 is 1.62 bits per heavy atom. The minimum Gasteiger partial charge on any atom is -0.497 e. The fourth-order valence-electron chi connectivity index (χ4n) is 3.30. The summed E-state index contributed by atoms with van der Waals surface area (Å²) in [5.74, 6) is 0.197. The van der Waals surface area contributed by atoms with Gasteiger partial charge in [0.25, 0.3) is 0 Å². The van der Waals surface area contributed by atoms with Gasteiger partial charge in [-0.2, -0.15) is 4.72 Å². The summed E-state index contributed by atoms with van der Waals surface area (Å²) in [7, 11) is -2.30. The van der Waals surface area contributed by atoms with Gasteiger partial charge in [-0.3, -0.25) is 4.79 Å². The molecular weight excluding hydrogens is 388 g/mol. The van der Waals surface area contributed by atoms with Crippen molar-refractivity contribution in [1.29, 1.82) is 0 Å². The molecule has 0 heterocycles. The summed E-state index contributed by atoms with van der Waals surface area (Å²) >= 11 is 0. The van der Waals surface area contributed by atoms with Gasteiger partial charge in [0.15, 0.2) is 0 Å². The third kappa shape index (κ3) is 6.30. The molecule has 0 aliphatic rings. The van der Waals surface area contributed by atoms with E-state index < -0.39 is 16.1 Å². The second-order valence-electron chi connectivity index (χ2n) is 7.88. The van der Waals surface area contributed by atoms with Crippen molar-refractivity contribution in [3.05, 3.63) is 60.2 Å². The Morgan fingerprint density at radius 1 is 1.03 bits per heavy atom. The Balaban J connectivity index is 1.97. The fraction of sp³-hybridized carbons (Fsp3) is 0.409. The number of hydrogen-bond acceptors (Lipinski definition) is 4. The standard InChI is InChI=1S/C22H30N2O4S/c1-16(15-22(3,4)18-9-7-6-8-10-18)23-21(25)17(2)24-29(26,27)20-13-11-19(28-5)12-14-20/h6-14,16-17,24H,15H2,1-5H3,(H,23,25)/t16?,17-/m0/s1. The number of carbonyl (C=O) groups excluding carboxylic acids is 1. The van der Waals surface area contributed by atoms with Crippen molar-refractivity contribution in [2.75, 3.05) is 7.11 Å². The van der Waals surface area contributed by atoms with Gasteiger partial charge in [0.05, 0.1) is 18.0 Å². The highest BCUT2D eigenvalue weighted by atomic mass is 32.2. The molecule has 1 unspecified atom stereocenters. The monoisotopic (exact) mass is 418 g/mol. The van der Waals surface area contributed by atoms with Gasteiger partial charge in [-0.15, -0.1) is 0 Å². The van der Waals surface area contributed by atoms with E-state index in [0.717, 1.165) is 6.42 Å². The van der Waals surface area contributed by atoms with Crippen molar-refractivity contribution in [3.63, 3.8) is 0 Å². The predicted molar refractivity (Wildman–Crippen MR) is 114 cm³/mol. The number of methoxy groups -OCH3 is 1. The Bertz CT molecular complexity index is 910. The van der Waals surface area contributed by atoms with Crippen molar-refractivity contribution in [2.45, 2.75) is 56.5 Å². The number of amides is 1. The summed E-state index contributed by atoms with van der Waals surface area (Å²) in [6.45, 7) is 7.71. The molecule has 2 N–H and O–H groups in total. The molecule has 2 aromatic rings. The molecule has 2 rings (SSSR count). The zero-order valence-electron chi connectivity index (χ0n) is 17.6. The van der Waals surface area contributed by atoms with Gasteiger partial charge in [0.2, 0.25) is 15.9 Å². The van der Waals surface area contributed by atoms with E-state index in [9.17, 15) is 13.2 Å². The topological polar surface area (TPSA) is 84.5 Å². The largest absolute Gasteiger partial charge is 0.497 e. The average molecular weight is 419 g/mol. The smallest absolute Gasteiger partial charge is 0.241 e. The molecule has 0 spiro atoms. The number of rotatable bonds is 9. The lowest BCUT2D eigenvalue weighted by Gasteiger charge is -2.29. The normalized spacial score (nSPS) is 14.1. The lowest BCUT2D eigenvalue weighted by molar-refractivity contribution is -0.123. The second kappa shape index (κ2) is 9.41. The van der Waals surface area contributed by atoms with E-state index in [1.54, 1.807) is 12.1 Å². The highest BCUT2D eigenvalue weighted by molar-refractivity contribution is 7.89. The van der Waals surface area contributed by atoms with Crippen molar-refractivity contribution >= 4 is 15.9 Å². The second-order valence-corrected chi connectivity index (χ2v) is 9.60. The van der Waals surface area contributed by atoms with E-state index in [1.165, 1.54) is 31.7 Å². The maximum atomic E-state index is 12.5. The van der Waals surface area contributed by atoms with Gasteiger partial charge in [-0.25, -0.2) is 8.42 Å². The summed E-state index contributed by atoms with van der Waals surface area (Å²) in [5, 5.41) is 2.91. The highest BCUT2D eigenvalue weighted by Gasteiger charge is 2.27. The maximum absolute atomic E-state index is 12.5. The molecule has 0 fully saturated rings. The molecule has 29 heavy (non-hydrogen) atoms. The zero-order valence-corrected chi connectivity index (χ0v) is 18.4. The molecule has 6 nitrogen and oxygen atoms in total. The first-order chi connectivity index (χ1) is 13.5. The summed E-state index contributed by atoms with van der Waals surface area (Å²) in [6, 6.07) is 15.1. The predicted octanol–water partition coefficient (Wildman–Crippen LogP) is 3.23. The third-order valence-electron chi connectivity index (χ3n) is 4.86. The van der Waals surface area contributed by atoms with Crippen LogP contribution in [0.2, 0.25) is 0 Å². The van der Waals surface area contributed by atoms with Crippen molar-refractivity contribution in [1.82, 2.24) is 10.0 Å². The molecule has 0 bridgehead atoms. The summed E-state index contributed by atoms with van der Waals surface area (Å²) in [4.78, 5) is 12.6. The quantitative estimate of drug-likeness (QED) is 0.655. The van der Waals surface area contributed by atoms with E-state index in [2.05, 4.69) is 36.0 Å². The molecular formula is C22H30N2O4S. The molecule has 0 saturated carbocycles. The van der Waals surface area contributed by atoms with Crippen LogP contribution in [0.4, 0.5) is 0 Å². The first-order valence-electron chi connectivity index (χ1n) is 9.57.